The van der Waals surface area contributed by atoms with Gasteiger partial charge in [-0.3, -0.25) is 0 Å². The van der Waals surface area contributed by atoms with Crippen molar-refractivity contribution in [1.82, 2.24) is 4.72 Å². The Labute approximate surface area is 138 Å². The lowest BCUT2D eigenvalue weighted by molar-refractivity contribution is 0.288. The molecule has 1 aromatic rings. The van der Waals surface area contributed by atoms with Crippen molar-refractivity contribution in [2.75, 3.05) is 6.61 Å². The standard InChI is InChI=1S/C15H22N2O3S.ClH/c16-12-3-5-13(6-4-12)17-21(18,19)14-7-8-15-11(10-14)2-1-9-20-15;/h7-8,10,12-13,17H,1-6,9,16H2;1H. The number of aryl methyl sites for hydroxylation is 1. The first-order chi connectivity index (χ1) is 10.0. The molecule has 2 aliphatic rings. The normalized spacial score (nSPS) is 24.8. The predicted octanol–water partition coefficient (Wildman–Crippen LogP) is 1.98. The van der Waals surface area contributed by atoms with Crippen LogP contribution in [0.15, 0.2) is 23.1 Å². The molecule has 1 saturated carbocycles. The Hall–Kier alpha value is -0.820. The molecule has 0 amide bonds. The summed E-state index contributed by atoms with van der Waals surface area (Å²) in [5.41, 5.74) is 6.84. The molecular formula is C15H23ClN2O3S. The maximum absolute atomic E-state index is 12.5. The van der Waals surface area contributed by atoms with Gasteiger partial charge < -0.3 is 10.5 Å². The zero-order valence-corrected chi connectivity index (χ0v) is 14.1. The fourth-order valence-electron chi connectivity index (χ4n) is 3.03. The monoisotopic (exact) mass is 346 g/mol. The van der Waals surface area contributed by atoms with E-state index >= 15 is 0 Å². The van der Waals surface area contributed by atoms with Crippen LogP contribution in [0.25, 0.3) is 0 Å². The Kier molecular flexibility index (Phi) is 5.71. The molecule has 0 bridgehead atoms. The molecule has 1 fully saturated rings. The largest absolute Gasteiger partial charge is 0.493 e. The van der Waals surface area contributed by atoms with Crippen LogP contribution in [0.4, 0.5) is 0 Å². The van der Waals surface area contributed by atoms with Gasteiger partial charge in [-0.05, 0) is 62.3 Å². The minimum atomic E-state index is -3.46. The van der Waals surface area contributed by atoms with Gasteiger partial charge in [-0.15, -0.1) is 12.4 Å². The highest BCUT2D eigenvalue weighted by atomic mass is 35.5. The van der Waals surface area contributed by atoms with Gasteiger partial charge in [0, 0.05) is 12.1 Å². The second-order valence-corrected chi connectivity index (χ2v) is 7.67. The van der Waals surface area contributed by atoms with Gasteiger partial charge in [-0.25, -0.2) is 13.1 Å². The van der Waals surface area contributed by atoms with Gasteiger partial charge in [-0.1, -0.05) is 0 Å². The Bertz CT molecular complexity index is 613. The molecule has 0 saturated heterocycles. The van der Waals surface area contributed by atoms with E-state index in [9.17, 15) is 8.42 Å². The first kappa shape index (κ1) is 17.5. The molecule has 0 spiro atoms. The number of hydrogen-bond donors (Lipinski definition) is 2. The fourth-order valence-corrected chi connectivity index (χ4v) is 4.38. The van der Waals surface area contributed by atoms with E-state index in [2.05, 4.69) is 4.72 Å². The van der Waals surface area contributed by atoms with Crippen LogP contribution in [0.3, 0.4) is 0 Å². The summed E-state index contributed by atoms with van der Waals surface area (Å²) in [6, 6.07) is 5.35. The minimum absolute atomic E-state index is 0. The molecule has 0 unspecified atom stereocenters. The highest BCUT2D eigenvalue weighted by Crippen LogP contribution is 2.28. The third kappa shape index (κ3) is 3.93. The Balaban J connectivity index is 0.00000176. The number of halogens is 1. The van der Waals surface area contributed by atoms with Crippen LogP contribution < -0.4 is 15.2 Å². The lowest BCUT2D eigenvalue weighted by atomic mass is 9.93. The van der Waals surface area contributed by atoms with Crippen LogP contribution in [0.5, 0.6) is 5.75 Å². The maximum atomic E-state index is 12.5. The number of fused-ring (bicyclic) bond motifs is 1. The van der Waals surface area contributed by atoms with Crippen molar-refractivity contribution in [2.45, 2.75) is 55.5 Å². The van der Waals surface area contributed by atoms with E-state index in [0.29, 0.717) is 11.5 Å². The number of hydrogen-bond acceptors (Lipinski definition) is 4. The number of benzene rings is 1. The molecular weight excluding hydrogens is 324 g/mol. The number of nitrogens with two attached hydrogens (primary N) is 1. The molecule has 0 radical (unpaired) electrons. The lowest BCUT2D eigenvalue weighted by Gasteiger charge is -2.26. The zero-order valence-electron chi connectivity index (χ0n) is 12.5. The summed E-state index contributed by atoms with van der Waals surface area (Å²) in [7, 11) is -3.46. The van der Waals surface area contributed by atoms with Crippen LogP contribution in [-0.4, -0.2) is 27.1 Å². The molecule has 22 heavy (non-hydrogen) atoms. The Morgan fingerprint density at radius 2 is 1.91 bits per heavy atom. The molecule has 3 N–H and O–H groups in total. The minimum Gasteiger partial charge on any atom is -0.493 e. The number of rotatable bonds is 3. The smallest absolute Gasteiger partial charge is 0.240 e. The van der Waals surface area contributed by atoms with Crippen LogP contribution in [0, 0.1) is 0 Å². The van der Waals surface area contributed by atoms with Crippen LogP contribution >= 0.6 is 12.4 Å². The predicted molar refractivity (Wildman–Crippen MR) is 88.1 cm³/mol. The topological polar surface area (TPSA) is 81.4 Å². The SMILES string of the molecule is Cl.NC1CCC(NS(=O)(=O)c2ccc3c(c2)CCCO3)CC1. The molecule has 0 atom stereocenters. The summed E-state index contributed by atoms with van der Waals surface area (Å²) >= 11 is 0. The first-order valence-corrected chi connectivity index (χ1v) is 9.06. The summed E-state index contributed by atoms with van der Waals surface area (Å²) in [5, 5.41) is 0. The average Bonchev–Trinajstić information content (AvgIpc) is 2.49. The second-order valence-electron chi connectivity index (χ2n) is 5.95. The summed E-state index contributed by atoms with van der Waals surface area (Å²) < 4.78 is 33.3. The molecule has 1 aliphatic heterocycles. The van der Waals surface area contributed by atoms with Gasteiger partial charge in [0.05, 0.1) is 11.5 Å². The summed E-state index contributed by atoms with van der Waals surface area (Å²) in [4.78, 5) is 0.335. The third-order valence-electron chi connectivity index (χ3n) is 4.28. The Morgan fingerprint density at radius 3 is 2.64 bits per heavy atom. The maximum Gasteiger partial charge on any atom is 0.240 e. The molecule has 7 heteroatoms. The summed E-state index contributed by atoms with van der Waals surface area (Å²) in [5.74, 6) is 0.809. The zero-order chi connectivity index (χ0) is 14.9. The van der Waals surface area contributed by atoms with E-state index in [-0.39, 0.29) is 24.5 Å². The van der Waals surface area contributed by atoms with Gasteiger partial charge in [-0.2, -0.15) is 0 Å². The molecule has 1 aromatic carbocycles. The van der Waals surface area contributed by atoms with Crippen LogP contribution in [0.2, 0.25) is 0 Å². The van der Waals surface area contributed by atoms with Gasteiger partial charge >= 0.3 is 0 Å². The van der Waals surface area contributed by atoms with Crippen molar-refractivity contribution in [3.8, 4) is 5.75 Å². The second kappa shape index (κ2) is 7.17. The molecule has 1 aliphatic carbocycles. The molecule has 3 rings (SSSR count). The molecule has 0 aromatic heterocycles. The highest BCUT2D eigenvalue weighted by molar-refractivity contribution is 7.89. The van der Waals surface area contributed by atoms with E-state index < -0.39 is 10.0 Å². The summed E-state index contributed by atoms with van der Waals surface area (Å²) in [6.45, 7) is 0.708. The number of nitrogens with one attached hydrogen (secondary N) is 1. The molecule has 124 valence electrons. The van der Waals surface area contributed by atoms with Gasteiger partial charge in [0.25, 0.3) is 0 Å². The van der Waals surface area contributed by atoms with Gasteiger partial charge in [0.2, 0.25) is 10.0 Å². The van der Waals surface area contributed by atoms with Crippen molar-refractivity contribution >= 4 is 22.4 Å². The van der Waals surface area contributed by atoms with Crippen molar-refractivity contribution in [1.29, 1.82) is 0 Å². The Morgan fingerprint density at radius 1 is 1.18 bits per heavy atom. The van der Waals surface area contributed by atoms with Crippen molar-refractivity contribution < 1.29 is 13.2 Å². The van der Waals surface area contributed by atoms with Gasteiger partial charge in [0.1, 0.15) is 5.75 Å². The van der Waals surface area contributed by atoms with E-state index in [1.807, 2.05) is 0 Å². The van der Waals surface area contributed by atoms with Crippen molar-refractivity contribution in [2.24, 2.45) is 5.73 Å². The van der Waals surface area contributed by atoms with Crippen LogP contribution in [0.1, 0.15) is 37.7 Å². The van der Waals surface area contributed by atoms with E-state index in [0.717, 1.165) is 49.8 Å². The lowest BCUT2D eigenvalue weighted by Crippen LogP contribution is -2.40. The molecule has 1 heterocycles. The van der Waals surface area contributed by atoms with E-state index in [4.69, 9.17) is 10.5 Å². The van der Waals surface area contributed by atoms with E-state index in [1.165, 1.54) is 0 Å². The van der Waals surface area contributed by atoms with Crippen LogP contribution in [-0.2, 0) is 16.4 Å². The quantitative estimate of drug-likeness (QED) is 0.876. The van der Waals surface area contributed by atoms with Gasteiger partial charge in [0.15, 0.2) is 0 Å². The van der Waals surface area contributed by atoms with E-state index in [1.54, 1.807) is 18.2 Å². The first-order valence-electron chi connectivity index (χ1n) is 7.58. The van der Waals surface area contributed by atoms with Crippen molar-refractivity contribution in [3.05, 3.63) is 23.8 Å². The average molecular weight is 347 g/mol. The fraction of sp³-hybridized carbons (Fsp3) is 0.600. The number of ether oxygens (including phenoxy) is 1. The number of sulfonamides is 1. The summed E-state index contributed by atoms with van der Waals surface area (Å²) in [6.07, 6.45) is 5.20. The molecule has 5 nitrogen and oxygen atoms in total. The third-order valence-corrected chi connectivity index (χ3v) is 5.80. The van der Waals surface area contributed by atoms with Crippen molar-refractivity contribution in [3.63, 3.8) is 0 Å². The highest BCUT2D eigenvalue weighted by Gasteiger charge is 2.25.